The summed E-state index contributed by atoms with van der Waals surface area (Å²) in [5.74, 6) is -1.83. The molecule has 0 aliphatic heterocycles. The van der Waals surface area contributed by atoms with Gasteiger partial charge < -0.3 is 5.11 Å². The maximum Gasteiger partial charge on any atom is 0.353 e. The standard InChI is InChI=1S/C19H16FNO4S/c1-11-2-6-14(7-3-11)26(24,25)21-17-9-13(12-4-5-12)8-16(20)15(17)10-18(21)19(22)23/h2-3,6-10,12H,4-5H2,1H3,(H,22,23). The van der Waals surface area contributed by atoms with Gasteiger partial charge in [0.15, 0.2) is 0 Å². The summed E-state index contributed by atoms with van der Waals surface area (Å²) in [5.41, 5.74) is 1.16. The van der Waals surface area contributed by atoms with Gasteiger partial charge >= 0.3 is 5.97 Å². The van der Waals surface area contributed by atoms with E-state index in [1.807, 2.05) is 6.92 Å². The van der Waals surface area contributed by atoms with Crippen molar-refractivity contribution in [1.82, 2.24) is 3.97 Å². The van der Waals surface area contributed by atoms with E-state index in [1.165, 1.54) is 18.2 Å². The van der Waals surface area contributed by atoms with Crippen molar-refractivity contribution in [1.29, 1.82) is 0 Å². The second kappa shape index (κ2) is 5.67. The number of halogens is 1. The molecule has 0 radical (unpaired) electrons. The van der Waals surface area contributed by atoms with Crippen LogP contribution in [-0.2, 0) is 10.0 Å². The van der Waals surface area contributed by atoms with Gasteiger partial charge in [-0.2, -0.15) is 0 Å². The molecule has 1 aliphatic rings. The van der Waals surface area contributed by atoms with E-state index in [0.29, 0.717) is 5.56 Å². The molecule has 3 aromatic rings. The minimum absolute atomic E-state index is 0.0116. The van der Waals surface area contributed by atoms with Crippen molar-refractivity contribution in [2.45, 2.75) is 30.6 Å². The van der Waals surface area contributed by atoms with Crippen molar-refractivity contribution in [3.63, 3.8) is 0 Å². The molecule has 4 rings (SSSR count). The maximum atomic E-state index is 14.5. The largest absolute Gasteiger partial charge is 0.477 e. The van der Waals surface area contributed by atoms with E-state index in [9.17, 15) is 22.7 Å². The molecule has 1 aromatic heterocycles. The first-order chi connectivity index (χ1) is 12.3. The quantitative estimate of drug-likeness (QED) is 0.752. The third kappa shape index (κ3) is 2.59. The smallest absolute Gasteiger partial charge is 0.353 e. The number of hydrogen-bond donors (Lipinski definition) is 1. The number of aromatic carboxylic acids is 1. The molecule has 26 heavy (non-hydrogen) atoms. The normalized spacial score (nSPS) is 14.7. The first-order valence-electron chi connectivity index (χ1n) is 8.19. The number of carbonyl (C=O) groups is 1. The Hall–Kier alpha value is -2.67. The van der Waals surface area contributed by atoms with Crippen LogP contribution in [0, 0.1) is 12.7 Å². The number of benzene rings is 2. The summed E-state index contributed by atoms with van der Waals surface area (Å²) in [7, 11) is -4.18. The van der Waals surface area contributed by atoms with Crippen molar-refractivity contribution in [2.75, 3.05) is 0 Å². The minimum Gasteiger partial charge on any atom is -0.477 e. The molecule has 1 saturated carbocycles. The number of hydrogen-bond acceptors (Lipinski definition) is 3. The van der Waals surface area contributed by atoms with Gasteiger partial charge in [0.25, 0.3) is 10.0 Å². The Morgan fingerprint density at radius 2 is 1.81 bits per heavy atom. The SMILES string of the molecule is Cc1ccc(S(=O)(=O)n2c(C(=O)O)cc3c(F)cc(C4CC4)cc32)cc1. The summed E-state index contributed by atoms with van der Waals surface area (Å²) in [6, 6.07) is 10.1. The van der Waals surface area contributed by atoms with Crippen molar-refractivity contribution in [3.8, 4) is 0 Å². The number of nitrogens with zero attached hydrogens (tertiary/aromatic N) is 1. The Morgan fingerprint density at radius 1 is 1.15 bits per heavy atom. The molecule has 2 aromatic carbocycles. The van der Waals surface area contributed by atoms with E-state index >= 15 is 0 Å². The lowest BCUT2D eigenvalue weighted by Gasteiger charge is -2.11. The molecule has 0 spiro atoms. The fourth-order valence-corrected chi connectivity index (χ4v) is 4.63. The zero-order valence-corrected chi connectivity index (χ0v) is 14.8. The maximum absolute atomic E-state index is 14.5. The van der Waals surface area contributed by atoms with Crippen molar-refractivity contribution < 1.29 is 22.7 Å². The molecular weight excluding hydrogens is 357 g/mol. The Balaban J connectivity index is 2.04. The van der Waals surface area contributed by atoms with Crippen molar-refractivity contribution in [2.24, 2.45) is 0 Å². The van der Waals surface area contributed by atoms with Crippen LogP contribution in [0.5, 0.6) is 0 Å². The molecule has 0 amide bonds. The third-order valence-corrected chi connectivity index (χ3v) is 6.42. The highest BCUT2D eigenvalue weighted by molar-refractivity contribution is 7.90. The molecule has 7 heteroatoms. The number of aryl methyl sites for hydroxylation is 1. The Kier molecular flexibility index (Phi) is 3.66. The molecule has 1 heterocycles. The predicted molar refractivity (Wildman–Crippen MR) is 94.6 cm³/mol. The lowest BCUT2D eigenvalue weighted by Crippen LogP contribution is -2.18. The van der Waals surface area contributed by atoms with Crippen LogP contribution in [0.2, 0.25) is 0 Å². The summed E-state index contributed by atoms with van der Waals surface area (Å²) in [4.78, 5) is 11.6. The van der Waals surface area contributed by atoms with Crippen LogP contribution in [0.3, 0.4) is 0 Å². The highest BCUT2D eigenvalue weighted by Crippen LogP contribution is 2.42. The predicted octanol–water partition coefficient (Wildman–Crippen LogP) is 3.90. The van der Waals surface area contributed by atoms with Crippen LogP contribution in [0.25, 0.3) is 10.9 Å². The zero-order valence-electron chi connectivity index (χ0n) is 13.9. The van der Waals surface area contributed by atoms with Gasteiger partial charge in [-0.1, -0.05) is 17.7 Å². The summed E-state index contributed by atoms with van der Waals surface area (Å²) < 4.78 is 41.5. The lowest BCUT2D eigenvalue weighted by molar-refractivity contribution is 0.0689. The van der Waals surface area contributed by atoms with Crippen LogP contribution < -0.4 is 0 Å². The fourth-order valence-electron chi connectivity index (χ4n) is 3.14. The number of carboxylic acids is 1. The average Bonchev–Trinajstić information content (AvgIpc) is 3.34. The van der Waals surface area contributed by atoms with Crippen LogP contribution in [0.15, 0.2) is 47.4 Å². The van der Waals surface area contributed by atoms with Gasteiger partial charge in [-0.3, -0.25) is 0 Å². The van der Waals surface area contributed by atoms with Crippen LogP contribution in [-0.4, -0.2) is 23.5 Å². The second-order valence-electron chi connectivity index (χ2n) is 6.63. The molecule has 0 atom stereocenters. The highest BCUT2D eigenvalue weighted by atomic mass is 32.2. The monoisotopic (exact) mass is 373 g/mol. The first kappa shape index (κ1) is 16.8. The second-order valence-corrected chi connectivity index (χ2v) is 8.41. The van der Waals surface area contributed by atoms with Crippen LogP contribution in [0.4, 0.5) is 4.39 Å². The van der Waals surface area contributed by atoms with E-state index in [1.54, 1.807) is 18.2 Å². The summed E-state index contributed by atoms with van der Waals surface area (Å²) >= 11 is 0. The minimum atomic E-state index is -4.18. The molecule has 1 aliphatic carbocycles. The van der Waals surface area contributed by atoms with Crippen molar-refractivity contribution in [3.05, 3.63) is 65.1 Å². The summed E-state index contributed by atoms with van der Waals surface area (Å²) in [6.07, 6.45) is 1.84. The number of fused-ring (bicyclic) bond motifs is 1. The number of aromatic nitrogens is 1. The zero-order chi connectivity index (χ0) is 18.6. The van der Waals surface area contributed by atoms with Gasteiger partial charge in [-0.05, 0) is 61.6 Å². The molecular formula is C19H16FNO4S. The fraction of sp³-hybridized carbons (Fsp3) is 0.211. The summed E-state index contributed by atoms with van der Waals surface area (Å²) in [6.45, 7) is 1.82. The van der Waals surface area contributed by atoms with E-state index in [4.69, 9.17) is 0 Å². The van der Waals surface area contributed by atoms with Gasteiger partial charge in [0.1, 0.15) is 11.5 Å². The molecule has 1 fully saturated rings. The molecule has 0 unspecified atom stereocenters. The van der Waals surface area contributed by atoms with E-state index in [0.717, 1.165) is 28.4 Å². The van der Waals surface area contributed by atoms with Gasteiger partial charge in [0, 0.05) is 5.39 Å². The van der Waals surface area contributed by atoms with Crippen LogP contribution in [0.1, 0.15) is 40.4 Å². The Labute approximate surface area is 149 Å². The number of rotatable bonds is 4. The third-order valence-electron chi connectivity index (χ3n) is 4.68. The van der Waals surface area contributed by atoms with Gasteiger partial charge in [-0.25, -0.2) is 21.6 Å². The molecule has 134 valence electrons. The topological polar surface area (TPSA) is 76.4 Å². The molecule has 0 bridgehead atoms. The summed E-state index contributed by atoms with van der Waals surface area (Å²) in [5, 5.41) is 9.48. The highest BCUT2D eigenvalue weighted by Gasteiger charge is 2.30. The molecule has 1 N–H and O–H groups in total. The average molecular weight is 373 g/mol. The lowest BCUT2D eigenvalue weighted by atomic mass is 10.1. The Morgan fingerprint density at radius 3 is 2.38 bits per heavy atom. The molecule has 0 saturated heterocycles. The van der Waals surface area contributed by atoms with Gasteiger partial charge in [0.2, 0.25) is 0 Å². The van der Waals surface area contributed by atoms with Crippen molar-refractivity contribution >= 4 is 26.9 Å². The first-order valence-corrected chi connectivity index (χ1v) is 9.63. The van der Waals surface area contributed by atoms with E-state index in [2.05, 4.69) is 0 Å². The number of carboxylic acid groups (broad SMARTS) is 1. The molecule has 5 nitrogen and oxygen atoms in total. The van der Waals surface area contributed by atoms with E-state index < -0.39 is 27.5 Å². The van der Waals surface area contributed by atoms with Gasteiger partial charge in [0.05, 0.1) is 10.4 Å². The van der Waals surface area contributed by atoms with Crippen LogP contribution >= 0.6 is 0 Å². The van der Waals surface area contributed by atoms with Gasteiger partial charge in [-0.15, -0.1) is 0 Å². The Bertz CT molecular complexity index is 1140. The van der Waals surface area contributed by atoms with E-state index in [-0.39, 0.29) is 21.7 Å².